The molecule has 1 atom stereocenters. The zero-order chi connectivity index (χ0) is 21.4. The number of benzene rings is 1. The van der Waals surface area contributed by atoms with Crippen molar-refractivity contribution in [2.45, 2.75) is 31.7 Å². The normalized spacial score (nSPS) is 13.8. The van der Waals surface area contributed by atoms with Crippen LogP contribution in [0.2, 0.25) is 0 Å². The lowest BCUT2D eigenvalue weighted by molar-refractivity contribution is -0.123. The fourth-order valence-corrected chi connectivity index (χ4v) is 2.99. The highest BCUT2D eigenvalue weighted by Gasteiger charge is 2.43. The monoisotopic (exact) mass is 404 g/mol. The first kappa shape index (κ1) is 22.0. The fourth-order valence-electron chi connectivity index (χ4n) is 2.99. The summed E-state index contributed by atoms with van der Waals surface area (Å²) in [6.45, 7) is 0.647. The number of hydrogen-bond acceptors (Lipinski definition) is 7. The maximum Gasteiger partial charge on any atom is 0.266 e. The SMILES string of the molecule is NCCCCNC(=O)COc1cccc2c1C(=O)N(C(CCC=O)C(N)=O)C2=O. The minimum Gasteiger partial charge on any atom is -0.483 e. The summed E-state index contributed by atoms with van der Waals surface area (Å²) in [5, 5.41) is 2.66. The molecule has 1 aromatic carbocycles. The van der Waals surface area contributed by atoms with Crippen LogP contribution in [0.5, 0.6) is 5.75 Å². The molecule has 0 fully saturated rings. The van der Waals surface area contributed by atoms with Crippen LogP contribution in [0.4, 0.5) is 0 Å². The van der Waals surface area contributed by atoms with Gasteiger partial charge < -0.3 is 26.3 Å². The van der Waals surface area contributed by atoms with Crippen molar-refractivity contribution in [1.29, 1.82) is 0 Å². The van der Waals surface area contributed by atoms with Crippen molar-refractivity contribution in [3.8, 4) is 5.75 Å². The second-order valence-corrected chi connectivity index (χ2v) is 6.46. The number of rotatable bonds is 12. The van der Waals surface area contributed by atoms with Gasteiger partial charge in [-0.2, -0.15) is 0 Å². The van der Waals surface area contributed by atoms with Crippen molar-refractivity contribution in [1.82, 2.24) is 10.2 Å². The summed E-state index contributed by atoms with van der Waals surface area (Å²) in [4.78, 5) is 60.5. The predicted octanol–water partition coefficient (Wildman–Crippen LogP) is -0.650. The van der Waals surface area contributed by atoms with Gasteiger partial charge in [-0.1, -0.05) is 6.07 Å². The van der Waals surface area contributed by atoms with Crippen LogP contribution in [0.15, 0.2) is 18.2 Å². The van der Waals surface area contributed by atoms with Crippen molar-refractivity contribution in [2.24, 2.45) is 11.5 Å². The van der Waals surface area contributed by atoms with Crippen molar-refractivity contribution < 1.29 is 28.7 Å². The second kappa shape index (κ2) is 10.3. The molecule has 5 N–H and O–H groups in total. The second-order valence-electron chi connectivity index (χ2n) is 6.46. The Morgan fingerprint density at radius 3 is 2.62 bits per heavy atom. The van der Waals surface area contributed by atoms with Crippen LogP contribution < -0.4 is 21.5 Å². The van der Waals surface area contributed by atoms with Crippen LogP contribution in [0.3, 0.4) is 0 Å². The summed E-state index contributed by atoms with van der Waals surface area (Å²) in [5.41, 5.74) is 10.7. The molecule has 1 unspecified atom stereocenters. The molecule has 0 aliphatic carbocycles. The lowest BCUT2D eigenvalue weighted by Crippen LogP contribution is -2.47. The molecule has 0 radical (unpaired) electrons. The van der Waals surface area contributed by atoms with Gasteiger partial charge in [-0.15, -0.1) is 0 Å². The van der Waals surface area contributed by atoms with Gasteiger partial charge in [0.2, 0.25) is 5.91 Å². The third-order valence-electron chi connectivity index (χ3n) is 4.42. The number of fused-ring (bicyclic) bond motifs is 1. The van der Waals surface area contributed by atoms with E-state index < -0.39 is 23.8 Å². The van der Waals surface area contributed by atoms with Crippen LogP contribution in [0, 0.1) is 0 Å². The Labute approximate surface area is 167 Å². The number of carbonyl (C=O) groups is 5. The maximum absolute atomic E-state index is 12.8. The number of ether oxygens (including phenoxy) is 1. The van der Waals surface area contributed by atoms with Gasteiger partial charge in [0.05, 0.1) is 11.1 Å². The molecule has 1 heterocycles. The molecule has 1 aromatic rings. The molecule has 1 aliphatic heterocycles. The summed E-state index contributed by atoms with van der Waals surface area (Å²) < 4.78 is 5.45. The van der Waals surface area contributed by atoms with E-state index in [9.17, 15) is 24.0 Å². The number of amides is 4. The van der Waals surface area contributed by atoms with Gasteiger partial charge in [0.15, 0.2) is 6.61 Å². The summed E-state index contributed by atoms with van der Waals surface area (Å²) in [6.07, 6.45) is 2.00. The van der Waals surface area contributed by atoms with Gasteiger partial charge in [0.25, 0.3) is 17.7 Å². The van der Waals surface area contributed by atoms with Gasteiger partial charge in [-0.05, 0) is 37.9 Å². The van der Waals surface area contributed by atoms with E-state index in [-0.39, 0.29) is 42.2 Å². The lowest BCUT2D eigenvalue weighted by atomic mass is 10.1. The number of nitrogens with two attached hydrogens (primary N) is 2. The van der Waals surface area contributed by atoms with Crippen molar-refractivity contribution >= 4 is 29.9 Å². The highest BCUT2D eigenvalue weighted by molar-refractivity contribution is 6.24. The number of nitrogens with one attached hydrogen (secondary N) is 1. The van der Waals surface area contributed by atoms with Gasteiger partial charge >= 0.3 is 0 Å². The molecule has 156 valence electrons. The van der Waals surface area contributed by atoms with E-state index in [4.69, 9.17) is 16.2 Å². The van der Waals surface area contributed by atoms with Gasteiger partial charge in [0, 0.05) is 13.0 Å². The first-order valence-electron chi connectivity index (χ1n) is 9.25. The zero-order valence-corrected chi connectivity index (χ0v) is 15.9. The van der Waals surface area contributed by atoms with Crippen LogP contribution in [-0.4, -0.2) is 60.6 Å². The number of nitrogens with zero attached hydrogens (tertiary/aromatic N) is 1. The van der Waals surface area contributed by atoms with E-state index in [1.54, 1.807) is 0 Å². The third kappa shape index (κ3) is 5.17. The largest absolute Gasteiger partial charge is 0.483 e. The molecule has 0 spiro atoms. The molecule has 10 nitrogen and oxygen atoms in total. The highest BCUT2D eigenvalue weighted by atomic mass is 16.5. The van der Waals surface area contributed by atoms with Gasteiger partial charge in [0.1, 0.15) is 18.1 Å². The molecule has 2 rings (SSSR count). The number of carbonyl (C=O) groups excluding carboxylic acids is 5. The van der Waals surface area contributed by atoms with E-state index in [0.29, 0.717) is 19.4 Å². The summed E-state index contributed by atoms with van der Waals surface area (Å²) in [6, 6.07) is 3.14. The molecule has 29 heavy (non-hydrogen) atoms. The number of primary amides is 1. The number of aldehydes is 1. The van der Waals surface area contributed by atoms with E-state index in [2.05, 4.69) is 5.32 Å². The third-order valence-corrected chi connectivity index (χ3v) is 4.42. The van der Waals surface area contributed by atoms with Crippen molar-refractivity contribution in [2.75, 3.05) is 19.7 Å². The Morgan fingerprint density at radius 2 is 1.97 bits per heavy atom. The van der Waals surface area contributed by atoms with Gasteiger partial charge in [-0.3, -0.25) is 24.1 Å². The first-order chi connectivity index (χ1) is 13.9. The molecular weight excluding hydrogens is 380 g/mol. The fraction of sp³-hybridized carbons (Fsp3) is 0.421. The van der Waals surface area contributed by atoms with E-state index in [1.165, 1.54) is 18.2 Å². The molecule has 10 heteroatoms. The molecule has 0 saturated carbocycles. The van der Waals surface area contributed by atoms with Crippen molar-refractivity contribution in [3.63, 3.8) is 0 Å². The van der Waals surface area contributed by atoms with Crippen molar-refractivity contribution in [3.05, 3.63) is 29.3 Å². The van der Waals surface area contributed by atoms with Crippen LogP contribution in [0.25, 0.3) is 0 Å². The smallest absolute Gasteiger partial charge is 0.266 e. The summed E-state index contributed by atoms with van der Waals surface area (Å²) in [7, 11) is 0. The Morgan fingerprint density at radius 1 is 1.21 bits per heavy atom. The number of hydrogen-bond donors (Lipinski definition) is 3. The number of imide groups is 1. The Hall–Kier alpha value is -3.27. The van der Waals surface area contributed by atoms with Crippen LogP contribution >= 0.6 is 0 Å². The predicted molar refractivity (Wildman–Crippen MR) is 102 cm³/mol. The van der Waals surface area contributed by atoms with Crippen LogP contribution in [-0.2, 0) is 14.4 Å². The van der Waals surface area contributed by atoms with Gasteiger partial charge in [-0.25, -0.2) is 0 Å². The summed E-state index contributed by atoms with van der Waals surface area (Å²) >= 11 is 0. The minimum absolute atomic E-state index is 0.0330. The topological polar surface area (TPSA) is 162 Å². The number of unbranched alkanes of at least 4 members (excludes halogenated alkanes) is 1. The molecule has 0 saturated heterocycles. The van der Waals surface area contributed by atoms with E-state index in [0.717, 1.165) is 17.7 Å². The Balaban J connectivity index is 2.14. The molecule has 0 bridgehead atoms. The Kier molecular flexibility index (Phi) is 7.84. The average Bonchev–Trinajstić information content (AvgIpc) is 2.95. The first-order valence-corrected chi connectivity index (χ1v) is 9.25. The standard InChI is InChI=1S/C19H24N4O6/c20-8-1-2-9-22-15(25)11-29-14-7-3-5-12-16(14)19(28)23(18(12)27)13(17(21)26)6-4-10-24/h3,5,7,10,13H,1-2,4,6,8-9,11,20H2,(H2,21,26)(H,22,25). The molecular formula is C19H24N4O6. The molecule has 4 amide bonds. The summed E-state index contributed by atoms with van der Waals surface area (Å²) in [5.74, 6) is -2.66. The van der Waals surface area contributed by atoms with E-state index in [1.807, 2.05) is 0 Å². The maximum atomic E-state index is 12.8. The molecule has 1 aliphatic rings. The quantitative estimate of drug-likeness (QED) is 0.237. The molecule has 0 aromatic heterocycles. The van der Waals surface area contributed by atoms with Crippen LogP contribution in [0.1, 0.15) is 46.4 Å². The van der Waals surface area contributed by atoms with E-state index >= 15 is 0 Å². The zero-order valence-electron chi connectivity index (χ0n) is 15.9. The lowest BCUT2D eigenvalue weighted by Gasteiger charge is -2.22. The average molecular weight is 404 g/mol. The Bertz CT molecular complexity index is 810. The highest BCUT2D eigenvalue weighted by Crippen LogP contribution is 2.32. The minimum atomic E-state index is -1.24.